The predicted molar refractivity (Wildman–Crippen MR) is 106 cm³/mol. The number of hydrogen-bond donors (Lipinski definition) is 3. The zero-order valence-corrected chi connectivity index (χ0v) is 15.1. The van der Waals surface area contributed by atoms with Gasteiger partial charge in [0.2, 0.25) is 5.95 Å². The molecule has 1 aromatic heterocycles. The predicted octanol–water partition coefficient (Wildman–Crippen LogP) is 3.05. The van der Waals surface area contributed by atoms with Crippen LogP contribution in [0.1, 0.15) is 36.0 Å². The Morgan fingerprint density at radius 3 is 2.63 bits per heavy atom. The number of benzene rings is 2. The number of anilines is 2. The monoisotopic (exact) mass is 365 g/mol. The molecule has 1 aliphatic heterocycles. The van der Waals surface area contributed by atoms with Crippen LogP contribution in [0.15, 0.2) is 41.2 Å². The fraction of sp³-hybridized carbons (Fsp3) is 0.350. The summed E-state index contributed by atoms with van der Waals surface area (Å²) >= 11 is 0. The fourth-order valence-electron chi connectivity index (χ4n) is 3.55. The van der Waals surface area contributed by atoms with Crippen LogP contribution < -0.4 is 11.0 Å². The molecule has 7 nitrogen and oxygen atoms in total. The van der Waals surface area contributed by atoms with E-state index >= 15 is 0 Å². The Kier molecular flexibility index (Phi) is 5.02. The van der Waals surface area contributed by atoms with Crippen molar-refractivity contribution in [1.82, 2.24) is 20.1 Å². The SMILES string of the molecule is O=C(CCN1CCCCC1)c1ccc2cc(Nc3n[nH]c(=O)[nH]3)ccc2c1. The van der Waals surface area contributed by atoms with E-state index in [0.717, 1.165) is 41.7 Å². The summed E-state index contributed by atoms with van der Waals surface area (Å²) in [6.07, 6.45) is 4.36. The van der Waals surface area contributed by atoms with E-state index in [1.807, 2.05) is 36.4 Å². The molecule has 0 bridgehead atoms. The van der Waals surface area contributed by atoms with Gasteiger partial charge >= 0.3 is 5.69 Å². The smallest absolute Gasteiger partial charge is 0.324 e. The summed E-state index contributed by atoms with van der Waals surface area (Å²) in [5.74, 6) is 0.558. The van der Waals surface area contributed by atoms with Gasteiger partial charge in [-0.2, -0.15) is 0 Å². The van der Waals surface area contributed by atoms with Crippen LogP contribution in [0.5, 0.6) is 0 Å². The highest BCUT2D eigenvalue weighted by atomic mass is 16.1. The molecule has 4 rings (SSSR count). The van der Waals surface area contributed by atoms with Crippen LogP contribution in [-0.4, -0.2) is 45.5 Å². The van der Waals surface area contributed by atoms with Crippen molar-refractivity contribution in [2.45, 2.75) is 25.7 Å². The van der Waals surface area contributed by atoms with E-state index in [1.54, 1.807) is 0 Å². The van der Waals surface area contributed by atoms with Crippen LogP contribution in [0.4, 0.5) is 11.6 Å². The van der Waals surface area contributed by atoms with Crippen molar-refractivity contribution in [2.75, 3.05) is 25.0 Å². The molecule has 1 saturated heterocycles. The molecule has 0 aliphatic carbocycles. The lowest BCUT2D eigenvalue weighted by atomic mass is 10.0. The van der Waals surface area contributed by atoms with Crippen LogP contribution in [-0.2, 0) is 0 Å². The first-order chi connectivity index (χ1) is 13.2. The van der Waals surface area contributed by atoms with Gasteiger partial charge in [-0.3, -0.25) is 9.78 Å². The summed E-state index contributed by atoms with van der Waals surface area (Å²) in [6.45, 7) is 3.08. The molecule has 2 aromatic carbocycles. The maximum atomic E-state index is 12.6. The number of ketones is 1. The number of Topliss-reactive ketones (excluding diaryl/α,β-unsaturated/α-hetero) is 1. The van der Waals surface area contributed by atoms with Gasteiger partial charge in [0.25, 0.3) is 0 Å². The summed E-state index contributed by atoms with van der Waals surface area (Å²) in [6, 6.07) is 11.6. The summed E-state index contributed by atoms with van der Waals surface area (Å²) in [4.78, 5) is 28.6. The van der Waals surface area contributed by atoms with E-state index in [4.69, 9.17) is 0 Å². The number of carbonyl (C=O) groups is 1. The Hall–Kier alpha value is -2.93. The van der Waals surface area contributed by atoms with Gasteiger partial charge < -0.3 is 10.2 Å². The molecule has 1 fully saturated rings. The third-order valence-electron chi connectivity index (χ3n) is 5.03. The number of carbonyl (C=O) groups excluding carboxylic acids is 1. The Morgan fingerprint density at radius 2 is 1.85 bits per heavy atom. The van der Waals surface area contributed by atoms with Crippen molar-refractivity contribution < 1.29 is 4.79 Å². The number of hydrogen-bond acceptors (Lipinski definition) is 5. The minimum absolute atomic E-state index is 0.193. The Balaban J connectivity index is 1.44. The molecular formula is C20H23N5O2. The molecule has 3 aromatic rings. The Bertz CT molecular complexity index is 1000. The molecular weight excluding hydrogens is 342 g/mol. The first kappa shape index (κ1) is 17.5. The van der Waals surface area contributed by atoms with Crippen LogP contribution in [0.2, 0.25) is 0 Å². The van der Waals surface area contributed by atoms with E-state index in [2.05, 4.69) is 25.4 Å². The first-order valence-electron chi connectivity index (χ1n) is 9.38. The molecule has 0 spiro atoms. The molecule has 2 heterocycles. The standard InChI is InChI=1S/C20H23N5O2/c26-18(8-11-25-9-2-1-3-10-25)16-5-4-15-13-17(7-6-14(15)12-16)21-19-22-20(27)24-23-19/h4-7,12-13H,1-3,8-11H2,(H3,21,22,23,24,27). The number of H-pyrrole nitrogens is 2. The van der Waals surface area contributed by atoms with Crippen LogP contribution in [0.3, 0.4) is 0 Å². The molecule has 0 unspecified atom stereocenters. The zero-order valence-electron chi connectivity index (χ0n) is 15.1. The van der Waals surface area contributed by atoms with Crippen molar-refractivity contribution in [3.63, 3.8) is 0 Å². The molecule has 1 aliphatic rings. The van der Waals surface area contributed by atoms with Crippen molar-refractivity contribution in [1.29, 1.82) is 0 Å². The number of piperidine rings is 1. The minimum atomic E-state index is -0.356. The second-order valence-electron chi connectivity index (χ2n) is 7.00. The lowest BCUT2D eigenvalue weighted by molar-refractivity contribution is 0.0959. The van der Waals surface area contributed by atoms with Gasteiger partial charge in [-0.15, -0.1) is 5.10 Å². The summed E-state index contributed by atoms with van der Waals surface area (Å²) < 4.78 is 0. The highest BCUT2D eigenvalue weighted by Crippen LogP contribution is 2.23. The third kappa shape index (κ3) is 4.25. The maximum absolute atomic E-state index is 12.6. The van der Waals surface area contributed by atoms with Crippen molar-refractivity contribution in [3.8, 4) is 0 Å². The quantitative estimate of drug-likeness (QED) is 0.584. The van der Waals surface area contributed by atoms with Crippen LogP contribution in [0, 0.1) is 0 Å². The lowest BCUT2D eigenvalue weighted by Crippen LogP contribution is -2.31. The second kappa shape index (κ2) is 7.75. The number of fused-ring (bicyclic) bond motifs is 1. The maximum Gasteiger partial charge on any atom is 0.342 e. The molecule has 3 N–H and O–H groups in total. The van der Waals surface area contributed by atoms with Gasteiger partial charge in [-0.05, 0) is 54.9 Å². The van der Waals surface area contributed by atoms with Gasteiger partial charge in [-0.25, -0.2) is 9.89 Å². The number of nitrogens with zero attached hydrogens (tertiary/aromatic N) is 2. The van der Waals surface area contributed by atoms with Crippen LogP contribution >= 0.6 is 0 Å². The van der Waals surface area contributed by atoms with Crippen molar-refractivity contribution >= 4 is 28.2 Å². The number of aromatic amines is 2. The van der Waals surface area contributed by atoms with Gasteiger partial charge in [0.15, 0.2) is 5.78 Å². The molecule has 7 heteroatoms. The average Bonchev–Trinajstić information content (AvgIpc) is 3.11. The third-order valence-corrected chi connectivity index (χ3v) is 5.03. The molecule has 0 atom stereocenters. The summed E-state index contributed by atoms with van der Waals surface area (Å²) in [5, 5.41) is 11.2. The van der Waals surface area contributed by atoms with E-state index < -0.39 is 0 Å². The molecule has 140 valence electrons. The highest BCUT2D eigenvalue weighted by molar-refractivity contribution is 6.00. The van der Waals surface area contributed by atoms with Crippen molar-refractivity contribution in [3.05, 3.63) is 52.4 Å². The van der Waals surface area contributed by atoms with Gasteiger partial charge in [0.05, 0.1) is 0 Å². The van der Waals surface area contributed by atoms with E-state index in [0.29, 0.717) is 12.4 Å². The first-order valence-corrected chi connectivity index (χ1v) is 9.38. The number of likely N-dealkylation sites (tertiary alicyclic amines) is 1. The second-order valence-corrected chi connectivity index (χ2v) is 7.00. The zero-order chi connectivity index (χ0) is 18.6. The van der Waals surface area contributed by atoms with E-state index in [1.165, 1.54) is 19.3 Å². The fourth-order valence-corrected chi connectivity index (χ4v) is 3.55. The summed E-state index contributed by atoms with van der Waals surface area (Å²) in [7, 11) is 0. The lowest BCUT2D eigenvalue weighted by Gasteiger charge is -2.25. The molecule has 0 amide bonds. The Morgan fingerprint density at radius 1 is 1.07 bits per heavy atom. The number of rotatable bonds is 6. The Labute approximate surface area is 156 Å². The average molecular weight is 365 g/mol. The largest absolute Gasteiger partial charge is 0.342 e. The van der Waals surface area contributed by atoms with Gasteiger partial charge in [0.1, 0.15) is 0 Å². The molecule has 27 heavy (non-hydrogen) atoms. The normalized spacial score (nSPS) is 15.1. The number of aromatic nitrogens is 3. The highest BCUT2D eigenvalue weighted by Gasteiger charge is 2.13. The van der Waals surface area contributed by atoms with Crippen molar-refractivity contribution in [2.24, 2.45) is 0 Å². The molecule has 0 radical (unpaired) electrons. The summed E-state index contributed by atoms with van der Waals surface area (Å²) in [5.41, 5.74) is 1.22. The van der Waals surface area contributed by atoms with Crippen LogP contribution in [0.25, 0.3) is 10.8 Å². The topological polar surface area (TPSA) is 93.9 Å². The molecule has 0 saturated carbocycles. The van der Waals surface area contributed by atoms with Gasteiger partial charge in [-0.1, -0.05) is 24.6 Å². The van der Waals surface area contributed by atoms with E-state index in [9.17, 15) is 9.59 Å². The van der Waals surface area contributed by atoms with Gasteiger partial charge in [0, 0.05) is 24.2 Å². The number of nitrogens with one attached hydrogen (secondary N) is 3. The van der Waals surface area contributed by atoms with E-state index in [-0.39, 0.29) is 11.5 Å². The minimum Gasteiger partial charge on any atom is -0.324 e.